The number of aliphatic hydroxyl groups is 1. The Morgan fingerprint density at radius 2 is 0.981 bits per heavy atom. The van der Waals surface area contributed by atoms with E-state index in [1.54, 1.807) is 0 Å². The van der Waals surface area contributed by atoms with Crippen molar-refractivity contribution in [3.05, 3.63) is 0 Å². The molecule has 0 aliphatic rings. The van der Waals surface area contributed by atoms with Gasteiger partial charge in [0.05, 0.1) is 19.6 Å². The number of hydrogen-bond acceptors (Lipinski definition) is 6. The van der Waals surface area contributed by atoms with Gasteiger partial charge in [0.25, 0.3) is 0 Å². The van der Waals surface area contributed by atoms with Gasteiger partial charge in [-0.05, 0) is 76.3 Å². The Bertz CT molecular complexity index is 756. The molecule has 310 valence electrons. The van der Waals surface area contributed by atoms with E-state index in [0.717, 1.165) is 90.3 Å². The van der Waals surface area contributed by atoms with Crippen molar-refractivity contribution >= 4 is 11.9 Å². The molecule has 0 unspecified atom stereocenters. The summed E-state index contributed by atoms with van der Waals surface area (Å²) in [5.41, 5.74) is -0.0431. The van der Waals surface area contributed by atoms with Gasteiger partial charge in [0, 0.05) is 13.0 Å². The number of carbonyl (C=O) groups excluding carboxylic acids is 2. The topological polar surface area (TPSA) is 76.1 Å². The fourth-order valence-corrected chi connectivity index (χ4v) is 7.32. The predicted molar refractivity (Wildman–Crippen MR) is 223 cm³/mol. The van der Waals surface area contributed by atoms with Crippen LogP contribution in [-0.4, -0.2) is 60.9 Å². The molecule has 0 bridgehead atoms. The van der Waals surface area contributed by atoms with Crippen LogP contribution < -0.4 is 0 Å². The minimum Gasteiger partial charge on any atom is -0.466 e. The first-order valence-corrected chi connectivity index (χ1v) is 23.0. The summed E-state index contributed by atoms with van der Waals surface area (Å²) in [7, 11) is 0. The van der Waals surface area contributed by atoms with E-state index >= 15 is 0 Å². The maximum Gasteiger partial charge on any atom is 0.306 e. The molecule has 0 radical (unpaired) electrons. The summed E-state index contributed by atoms with van der Waals surface area (Å²) in [6.45, 7) is 14.8. The third kappa shape index (κ3) is 35.9. The Morgan fingerprint density at radius 1 is 0.538 bits per heavy atom. The quantitative estimate of drug-likeness (QED) is 0.0497. The molecule has 0 aromatic rings. The predicted octanol–water partition coefficient (Wildman–Crippen LogP) is 13.3. The zero-order valence-corrected chi connectivity index (χ0v) is 35.8. The first kappa shape index (κ1) is 50.9. The highest BCUT2D eigenvalue weighted by Gasteiger charge is 2.24. The normalized spacial score (nSPS) is 11.9. The van der Waals surface area contributed by atoms with Gasteiger partial charge < -0.3 is 19.5 Å². The third-order valence-corrected chi connectivity index (χ3v) is 10.8. The van der Waals surface area contributed by atoms with E-state index in [1.165, 1.54) is 122 Å². The van der Waals surface area contributed by atoms with Crippen molar-refractivity contribution in [2.45, 2.75) is 246 Å². The summed E-state index contributed by atoms with van der Waals surface area (Å²) in [5, 5.41) is 9.60. The van der Waals surface area contributed by atoms with E-state index in [0.29, 0.717) is 19.4 Å². The molecule has 0 aromatic heterocycles. The van der Waals surface area contributed by atoms with Crippen molar-refractivity contribution in [1.29, 1.82) is 0 Å². The highest BCUT2D eigenvalue weighted by Crippen LogP contribution is 2.29. The van der Waals surface area contributed by atoms with E-state index in [2.05, 4.69) is 39.5 Å². The lowest BCUT2D eigenvalue weighted by Gasteiger charge is -2.26. The van der Waals surface area contributed by atoms with Crippen molar-refractivity contribution in [2.75, 3.05) is 32.8 Å². The van der Waals surface area contributed by atoms with Crippen LogP contribution in [0.15, 0.2) is 0 Å². The summed E-state index contributed by atoms with van der Waals surface area (Å²) < 4.78 is 11.6. The number of aliphatic hydroxyl groups excluding tert-OH is 1. The Kier molecular flexibility index (Phi) is 37.3. The zero-order valence-electron chi connectivity index (χ0n) is 35.8. The second-order valence-corrected chi connectivity index (χ2v) is 16.8. The molecule has 0 saturated carbocycles. The van der Waals surface area contributed by atoms with Crippen LogP contribution in [0.5, 0.6) is 0 Å². The average Bonchev–Trinajstić information content (AvgIpc) is 3.11. The fraction of sp³-hybridized carbons (Fsp3) is 0.957. The standard InChI is InChI=1S/C46H91NO5/c1-6-9-12-15-18-22-28-35-44(49)51-41-32-24-19-23-30-37-47(39-40-48)38-31-25-29-36-46(4,5)42-45(50)52-43(33-26-20-16-13-10-7-2)34-27-21-17-14-11-8-3/h43,48H,6-42H2,1-5H3. The van der Waals surface area contributed by atoms with Crippen molar-refractivity contribution in [3.8, 4) is 0 Å². The summed E-state index contributed by atoms with van der Waals surface area (Å²) in [6.07, 6.45) is 37.1. The van der Waals surface area contributed by atoms with Crippen LogP contribution in [-0.2, 0) is 19.1 Å². The van der Waals surface area contributed by atoms with Crippen molar-refractivity contribution in [3.63, 3.8) is 0 Å². The molecule has 6 heteroatoms. The zero-order chi connectivity index (χ0) is 38.4. The van der Waals surface area contributed by atoms with Crippen molar-refractivity contribution in [1.82, 2.24) is 4.90 Å². The minimum absolute atomic E-state index is 0.000837. The molecule has 0 heterocycles. The number of hydrogen-bond donors (Lipinski definition) is 1. The molecule has 6 nitrogen and oxygen atoms in total. The summed E-state index contributed by atoms with van der Waals surface area (Å²) in [6, 6.07) is 0. The lowest BCUT2D eigenvalue weighted by Crippen LogP contribution is -2.29. The molecule has 0 fully saturated rings. The lowest BCUT2D eigenvalue weighted by atomic mass is 9.83. The largest absolute Gasteiger partial charge is 0.466 e. The molecule has 0 rings (SSSR count). The van der Waals surface area contributed by atoms with Gasteiger partial charge in [0.2, 0.25) is 0 Å². The first-order chi connectivity index (χ1) is 25.3. The maximum absolute atomic E-state index is 13.1. The van der Waals surface area contributed by atoms with Crippen LogP contribution in [0, 0.1) is 5.41 Å². The Labute approximate surface area is 324 Å². The Hall–Kier alpha value is -1.14. The van der Waals surface area contributed by atoms with Gasteiger partial charge >= 0.3 is 11.9 Å². The molecule has 0 atom stereocenters. The third-order valence-electron chi connectivity index (χ3n) is 10.8. The first-order valence-electron chi connectivity index (χ1n) is 23.0. The molecule has 0 aromatic carbocycles. The van der Waals surface area contributed by atoms with Crippen LogP contribution in [0.3, 0.4) is 0 Å². The number of unbranched alkanes of at least 4 members (excludes halogenated alkanes) is 22. The minimum atomic E-state index is -0.0431. The highest BCUT2D eigenvalue weighted by atomic mass is 16.5. The number of nitrogens with zero attached hydrogens (tertiary/aromatic N) is 1. The summed E-state index contributed by atoms with van der Waals surface area (Å²) in [5.74, 6) is -0.0264. The fourth-order valence-electron chi connectivity index (χ4n) is 7.32. The van der Waals surface area contributed by atoms with Gasteiger partial charge in [-0.15, -0.1) is 0 Å². The Morgan fingerprint density at radius 3 is 1.50 bits per heavy atom. The molecule has 0 saturated heterocycles. The van der Waals surface area contributed by atoms with Crippen LogP contribution >= 0.6 is 0 Å². The van der Waals surface area contributed by atoms with E-state index < -0.39 is 0 Å². The van der Waals surface area contributed by atoms with Crippen molar-refractivity contribution < 1.29 is 24.2 Å². The molecule has 1 N–H and O–H groups in total. The summed E-state index contributed by atoms with van der Waals surface area (Å²) >= 11 is 0. The molecular weight excluding hydrogens is 647 g/mol. The van der Waals surface area contributed by atoms with E-state index in [-0.39, 0.29) is 30.1 Å². The van der Waals surface area contributed by atoms with Gasteiger partial charge in [-0.25, -0.2) is 0 Å². The lowest BCUT2D eigenvalue weighted by molar-refractivity contribution is -0.152. The summed E-state index contributed by atoms with van der Waals surface area (Å²) in [4.78, 5) is 27.5. The van der Waals surface area contributed by atoms with E-state index in [9.17, 15) is 14.7 Å². The van der Waals surface area contributed by atoms with Gasteiger partial charge in [0.1, 0.15) is 6.10 Å². The second kappa shape index (κ2) is 38.1. The number of ether oxygens (including phenoxy) is 2. The Balaban J connectivity index is 4.17. The average molecular weight is 738 g/mol. The van der Waals surface area contributed by atoms with E-state index in [4.69, 9.17) is 9.47 Å². The van der Waals surface area contributed by atoms with Crippen LogP contribution in [0.1, 0.15) is 240 Å². The molecule has 0 aliphatic carbocycles. The van der Waals surface area contributed by atoms with Crippen LogP contribution in [0.2, 0.25) is 0 Å². The van der Waals surface area contributed by atoms with Crippen LogP contribution in [0.4, 0.5) is 0 Å². The van der Waals surface area contributed by atoms with Crippen molar-refractivity contribution in [2.24, 2.45) is 5.41 Å². The van der Waals surface area contributed by atoms with Gasteiger partial charge in [-0.3, -0.25) is 9.59 Å². The van der Waals surface area contributed by atoms with Crippen LogP contribution in [0.25, 0.3) is 0 Å². The molecule has 52 heavy (non-hydrogen) atoms. The molecule has 0 aliphatic heterocycles. The molecular formula is C46H91NO5. The maximum atomic E-state index is 13.1. The molecule has 0 spiro atoms. The number of esters is 2. The SMILES string of the molecule is CCCCCCCCCC(=O)OCCCCCCCN(CCO)CCCCCC(C)(C)CC(=O)OC(CCCCCCCC)CCCCCCCC. The number of carbonyl (C=O) groups is 2. The van der Waals surface area contributed by atoms with E-state index in [1.807, 2.05) is 0 Å². The smallest absolute Gasteiger partial charge is 0.306 e. The molecule has 0 amide bonds. The van der Waals surface area contributed by atoms with Gasteiger partial charge in [0.15, 0.2) is 0 Å². The second-order valence-electron chi connectivity index (χ2n) is 16.8. The van der Waals surface area contributed by atoms with Gasteiger partial charge in [-0.1, -0.05) is 169 Å². The van der Waals surface area contributed by atoms with Gasteiger partial charge in [-0.2, -0.15) is 0 Å². The highest BCUT2D eigenvalue weighted by molar-refractivity contribution is 5.70. The monoisotopic (exact) mass is 738 g/mol. The number of rotatable bonds is 41.